The first-order chi connectivity index (χ1) is 12.5. The van der Waals surface area contributed by atoms with E-state index in [2.05, 4.69) is 5.32 Å². The number of nitrogens with one attached hydrogen (secondary N) is 1. The fourth-order valence-electron chi connectivity index (χ4n) is 2.71. The quantitative estimate of drug-likeness (QED) is 0.852. The number of para-hydroxylation sites is 2. The zero-order chi connectivity index (χ0) is 18.7. The normalized spacial score (nSPS) is 19.3. The topological polar surface area (TPSA) is 94.1 Å². The molecule has 136 valence electrons. The van der Waals surface area contributed by atoms with Crippen LogP contribution in [0.5, 0.6) is 17.2 Å². The maximum Gasteiger partial charge on any atom is 0.330 e. The summed E-state index contributed by atoms with van der Waals surface area (Å²) in [5.41, 5.74) is 0.427. The Labute approximate surface area is 150 Å². The molecule has 26 heavy (non-hydrogen) atoms. The molecule has 0 saturated heterocycles. The van der Waals surface area contributed by atoms with Crippen LogP contribution in [0.1, 0.15) is 18.5 Å². The van der Waals surface area contributed by atoms with Crippen LogP contribution in [0, 0.1) is 0 Å². The van der Waals surface area contributed by atoms with Gasteiger partial charge < -0.3 is 24.6 Å². The summed E-state index contributed by atoms with van der Waals surface area (Å²) >= 11 is 0. The Hall–Kier alpha value is -3.22. The molecular formula is C19H19NO6. The van der Waals surface area contributed by atoms with Crippen molar-refractivity contribution in [1.82, 2.24) is 5.32 Å². The Morgan fingerprint density at radius 3 is 2.27 bits per heavy atom. The summed E-state index contributed by atoms with van der Waals surface area (Å²) in [7, 11) is 1.52. The first-order valence-corrected chi connectivity index (χ1v) is 8.09. The number of rotatable bonds is 5. The number of methoxy groups -OCH3 is 1. The summed E-state index contributed by atoms with van der Waals surface area (Å²) < 4.78 is 16.5. The van der Waals surface area contributed by atoms with E-state index in [1.165, 1.54) is 7.11 Å². The summed E-state index contributed by atoms with van der Waals surface area (Å²) in [5, 5.41) is 12.0. The molecule has 0 saturated carbocycles. The van der Waals surface area contributed by atoms with Crippen LogP contribution < -0.4 is 19.5 Å². The minimum atomic E-state index is -1.21. The number of ether oxygens (including phenoxy) is 3. The molecule has 3 rings (SSSR count). The largest absolute Gasteiger partial charge is 0.497 e. The second-order valence-electron chi connectivity index (χ2n) is 5.86. The predicted molar refractivity (Wildman–Crippen MR) is 92.5 cm³/mol. The van der Waals surface area contributed by atoms with Crippen molar-refractivity contribution in [3.8, 4) is 17.2 Å². The van der Waals surface area contributed by atoms with Gasteiger partial charge in [-0.05, 0) is 36.8 Å². The van der Waals surface area contributed by atoms with Crippen molar-refractivity contribution in [2.75, 3.05) is 7.11 Å². The van der Waals surface area contributed by atoms with E-state index in [0.29, 0.717) is 22.8 Å². The molecule has 0 bridgehead atoms. The Bertz CT molecular complexity index is 804. The number of hydrogen-bond acceptors (Lipinski definition) is 5. The van der Waals surface area contributed by atoms with E-state index in [0.717, 1.165) is 0 Å². The number of amides is 1. The molecule has 1 aliphatic heterocycles. The van der Waals surface area contributed by atoms with Gasteiger partial charge in [0.2, 0.25) is 6.10 Å². The number of carboxylic acid groups (broad SMARTS) is 1. The van der Waals surface area contributed by atoms with Gasteiger partial charge in [-0.1, -0.05) is 24.3 Å². The number of aliphatic carboxylic acids is 1. The van der Waals surface area contributed by atoms with E-state index < -0.39 is 30.1 Å². The molecular weight excluding hydrogens is 338 g/mol. The van der Waals surface area contributed by atoms with Crippen LogP contribution in [0.3, 0.4) is 0 Å². The van der Waals surface area contributed by atoms with Crippen LogP contribution in [0.15, 0.2) is 48.5 Å². The van der Waals surface area contributed by atoms with E-state index in [4.69, 9.17) is 14.2 Å². The van der Waals surface area contributed by atoms with Crippen LogP contribution in [-0.2, 0) is 9.59 Å². The molecule has 7 heteroatoms. The van der Waals surface area contributed by atoms with Gasteiger partial charge in [0.15, 0.2) is 17.5 Å². The predicted octanol–water partition coefficient (Wildman–Crippen LogP) is 2.17. The molecule has 2 aromatic rings. The van der Waals surface area contributed by atoms with Gasteiger partial charge in [-0.15, -0.1) is 0 Å². The number of carbonyl (C=O) groups is 2. The second-order valence-corrected chi connectivity index (χ2v) is 5.86. The number of carboxylic acids is 1. The van der Waals surface area contributed by atoms with Gasteiger partial charge in [-0.3, -0.25) is 4.79 Å². The van der Waals surface area contributed by atoms with Gasteiger partial charge in [0.25, 0.3) is 5.91 Å². The molecule has 7 nitrogen and oxygen atoms in total. The number of carbonyl (C=O) groups excluding carboxylic acids is 1. The second kappa shape index (κ2) is 7.35. The number of hydrogen-bond donors (Lipinski definition) is 2. The molecule has 1 aliphatic rings. The molecule has 1 amide bonds. The van der Waals surface area contributed by atoms with E-state index in [9.17, 15) is 14.7 Å². The van der Waals surface area contributed by atoms with Crippen molar-refractivity contribution in [3.05, 3.63) is 54.1 Å². The third-order valence-corrected chi connectivity index (χ3v) is 4.08. The molecule has 1 heterocycles. The maximum atomic E-state index is 12.6. The number of benzene rings is 2. The highest BCUT2D eigenvalue weighted by molar-refractivity contribution is 5.88. The fourth-order valence-corrected chi connectivity index (χ4v) is 2.71. The van der Waals surface area contributed by atoms with Gasteiger partial charge >= 0.3 is 5.97 Å². The van der Waals surface area contributed by atoms with E-state index in [1.807, 2.05) is 0 Å². The molecule has 0 spiro atoms. The van der Waals surface area contributed by atoms with Crippen molar-refractivity contribution in [1.29, 1.82) is 0 Å². The molecule has 0 aliphatic carbocycles. The van der Waals surface area contributed by atoms with E-state index in [-0.39, 0.29) is 0 Å². The highest BCUT2D eigenvalue weighted by Crippen LogP contribution is 2.33. The molecule has 2 N–H and O–H groups in total. The van der Waals surface area contributed by atoms with Crippen LogP contribution in [0.4, 0.5) is 0 Å². The SMILES string of the molecule is COc1ccc(C(NC(=O)C2Oc3ccccc3OC2C)C(=O)O)cc1. The zero-order valence-electron chi connectivity index (χ0n) is 14.3. The lowest BCUT2D eigenvalue weighted by molar-refractivity contribution is -0.144. The zero-order valence-corrected chi connectivity index (χ0v) is 14.3. The first-order valence-electron chi connectivity index (χ1n) is 8.09. The third kappa shape index (κ3) is 3.56. The third-order valence-electron chi connectivity index (χ3n) is 4.08. The van der Waals surface area contributed by atoms with Crippen molar-refractivity contribution >= 4 is 11.9 Å². The monoisotopic (exact) mass is 357 g/mol. The summed E-state index contributed by atoms with van der Waals surface area (Å²) in [6.07, 6.45) is -1.51. The van der Waals surface area contributed by atoms with Gasteiger partial charge in [0.1, 0.15) is 11.9 Å². The molecule has 0 fully saturated rings. The first kappa shape index (κ1) is 17.6. The van der Waals surface area contributed by atoms with Crippen molar-refractivity contribution in [2.45, 2.75) is 25.2 Å². The summed E-state index contributed by atoms with van der Waals surface area (Å²) in [6, 6.07) is 12.3. The van der Waals surface area contributed by atoms with Crippen LogP contribution >= 0.6 is 0 Å². The van der Waals surface area contributed by atoms with Gasteiger partial charge in [-0.25, -0.2) is 4.79 Å². The molecule has 0 aromatic heterocycles. The molecule has 2 aromatic carbocycles. The van der Waals surface area contributed by atoms with Crippen molar-refractivity contribution in [2.24, 2.45) is 0 Å². The van der Waals surface area contributed by atoms with Gasteiger partial charge in [0, 0.05) is 0 Å². The van der Waals surface area contributed by atoms with Gasteiger partial charge in [0.05, 0.1) is 7.11 Å². The lowest BCUT2D eigenvalue weighted by Gasteiger charge is -2.31. The minimum Gasteiger partial charge on any atom is -0.497 e. The number of fused-ring (bicyclic) bond motifs is 1. The Balaban J connectivity index is 1.77. The minimum absolute atomic E-state index is 0.427. The van der Waals surface area contributed by atoms with Crippen LogP contribution in [-0.4, -0.2) is 36.3 Å². The average Bonchev–Trinajstić information content (AvgIpc) is 2.65. The summed E-state index contributed by atoms with van der Waals surface area (Å²) in [5.74, 6) is -0.141. The van der Waals surface area contributed by atoms with Crippen LogP contribution in [0.25, 0.3) is 0 Å². The Morgan fingerprint density at radius 2 is 1.69 bits per heavy atom. The lowest BCUT2D eigenvalue weighted by atomic mass is 10.1. The summed E-state index contributed by atoms with van der Waals surface area (Å²) in [6.45, 7) is 1.70. The molecule has 3 atom stereocenters. The summed E-state index contributed by atoms with van der Waals surface area (Å²) in [4.78, 5) is 24.3. The highest BCUT2D eigenvalue weighted by Gasteiger charge is 2.36. The average molecular weight is 357 g/mol. The standard InChI is InChI=1S/C19H19NO6/c1-11-17(26-15-6-4-3-5-14(15)25-11)18(21)20-16(19(22)23)12-7-9-13(24-2)10-8-12/h3-11,16-17H,1-2H3,(H,20,21)(H,22,23). The Kier molecular flexibility index (Phi) is 4.97. The van der Waals surface area contributed by atoms with Crippen molar-refractivity contribution < 1.29 is 28.9 Å². The van der Waals surface area contributed by atoms with Crippen molar-refractivity contribution in [3.63, 3.8) is 0 Å². The lowest BCUT2D eigenvalue weighted by Crippen LogP contribution is -2.50. The maximum absolute atomic E-state index is 12.6. The fraction of sp³-hybridized carbons (Fsp3) is 0.263. The van der Waals surface area contributed by atoms with E-state index in [1.54, 1.807) is 55.5 Å². The van der Waals surface area contributed by atoms with E-state index >= 15 is 0 Å². The molecule has 0 radical (unpaired) electrons. The van der Waals surface area contributed by atoms with Gasteiger partial charge in [-0.2, -0.15) is 0 Å². The van der Waals surface area contributed by atoms with Crippen LogP contribution in [0.2, 0.25) is 0 Å². The highest BCUT2D eigenvalue weighted by atomic mass is 16.6. The molecule has 3 unspecified atom stereocenters. The Morgan fingerprint density at radius 1 is 1.08 bits per heavy atom. The smallest absolute Gasteiger partial charge is 0.330 e.